The molecule has 0 atom stereocenters. The molecule has 0 saturated heterocycles. The molecule has 0 saturated carbocycles. The molecule has 0 unspecified atom stereocenters. The van der Waals surface area contributed by atoms with Crippen molar-refractivity contribution >= 4 is 40.5 Å². The third kappa shape index (κ3) is 5.46. The molecule has 3 N–H and O–H groups in total. The summed E-state index contributed by atoms with van der Waals surface area (Å²) in [7, 11) is 0. The number of aromatic nitrogens is 2. The van der Waals surface area contributed by atoms with Crippen molar-refractivity contribution in [2.24, 2.45) is 0 Å². The van der Waals surface area contributed by atoms with Crippen molar-refractivity contribution in [2.45, 2.75) is 13.8 Å². The van der Waals surface area contributed by atoms with E-state index in [2.05, 4.69) is 25.9 Å². The number of rotatable bonds is 6. The Morgan fingerprint density at radius 2 is 1.48 bits per heavy atom. The van der Waals surface area contributed by atoms with Gasteiger partial charge in [0.2, 0.25) is 5.91 Å². The van der Waals surface area contributed by atoms with Gasteiger partial charge in [0.15, 0.2) is 5.78 Å². The van der Waals surface area contributed by atoms with Crippen LogP contribution in [0.1, 0.15) is 34.7 Å². The normalized spacial score (nSPS) is 10.1. The molecule has 0 radical (unpaired) electrons. The average molecular weight is 389 g/mol. The van der Waals surface area contributed by atoms with Crippen LogP contribution in [-0.4, -0.2) is 27.6 Å². The van der Waals surface area contributed by atoms with Crippen LogP contribution < -0.4 is 16.0 Å². The molecule has 29 heavy (non-hydrogen) atoms. The summed E-state index contributed by atoms with van der Waals surface area (Å²) in [5.74, 6) is -0.252. The van der Waals surface area contributed by atoms with E-state index in [-0.39, 0.29) is 17.4 Å². The van der Waals surface area contributed by atoms with Crippen molar-refractivity contribution in [2.75, 3.05) is 16.0 Å². The van der Waals surface area contributed by atoms with Gasteiger partial charge in [-0.15, -0.1) is 0 Å². The molecule has 1 heterocycles. The Balaban J connectivity index is 1.73. The first-order valence-electron chi connectivity index (χ1n) is 8.80. The zero-order valence-corrected chi connectivity index (χ0v) is 15.9. The van der Waals surface area contributed by atoms with E-state index in [0.717, 1.165) is 0 Å². The smallest absolute Gasteiger partial charge is 0.274 e. The third-order valence-corrected chi connectivity index (χ3v) is 3.88. The topological polar surface area (TPSA) is 113 Å². The first-order valence-corrected chi connectivity index (χ1v) is 8.80. The Kier molecular flexibility index (Phi) is 5.94. The minimum atomic E-state index is -0.423. The van der Waals surface area contributed by atoms with Crippen LogP contribution in [0, 0.1) is 0 Å². The maximum Gasteiger partial charge on any atom is 0.274 e. The standard InChI is InChI=1S/C21H19N5O3/c1-13(27)15-5-3-6-16(9-15)25-20-11-19(22-12-23-20)21(29)26-18-8-4-7-17(10-18)24-14(2)28/h3-12H,1-2H3,(H,24,28)(H,26,29)(H,22,23,25). The van der Waals surface area contributed by atoms with E-state index < -0.39 is 5.91 Å². The highest BCUT2D eigenvalue weighted by Gasteiger charge is 2.10. The number of hydrogen-bond donors (Lipinski definition) is 3. The van der Waals surface area contributed by atoms with Crippen LogP contribution in [0.2, 0.25) is 0 Å². The van der Waals surface area contributed by atoms with E-state index >= 15 is 0 Å². The molecule has 0 spiro atoms. The van der Waals surface area contributed by atoms with Crippen molar-refractivity contribution in [3.63, 3.8) is 0 Å². The molecule has 1 aromatic heterocycles. The highest BCUT2D eigenvalue weighted by molar-refractivity contribution is 6.03. The quantitative estimate of drug-likeness (QED) is 0.555. The van der Waals surface area contributed by atoms with Gasteiger partial charge in [-0.05, 0) is 37.3 Å². The molecule has 0 aliphatic heterocycles. The van der Waals surface area contributed by atoms with Crippen LogP contribution in [0.25, 0.3) is 0 Å². The number of benzene rings is 2. The monoisotopic (exact) mass is 389 g/mol. The Bertz CT molecular complexity index is 1080. The SMILES string of the molecule is CC(=O)Nc1cccc(NC(=O)c2cc(Nc3cccc(C(C)=O)c3)ncn2)c1. The van der Waals surface area contributed by atoms with Crippen LogP contribution in [0.15, 0.2) is 60.9 Å². The number of carbonyl (C=O) groups excluding carboxylic acids is 3. The van der Waals surface area contributed by atoms with Gasteiger partial charge in [0.05, 0.1) is 0 Å². The second-order valence-corrected chi connectivity index (χ2v) is 6.27. The van der Waals surface area contributed by atoms with Gasteiger partial charge in [-0.3, -0.25) is 14.4 Å². The largest absolute Gasteiger partial charge is 0.340 e. The first-order chi connectivity index (χ1) is 13.9. The van der Waals surface area contributed by atoms with Crippen molar-refractivity contribution in [1.82, 2.24) is 9.97 Å². The van der Waals surface area contributed by atoms with E-state index in [1.807, 2.05) is 0 Å². The van der Waals surface area contributed by atoms with Gasteiger partial charge < -0.3 is 16.0 Å². The molecule has 146 valence electrons. The number of Topliss-reactive ketones (excluding diaryl/α,β-unsaturated/α-hetero) is 1. The summed E-state index contributed by atoms with van der Waals surface area (Å²) in [5, 5.41) is 8.45. The number of nitrogens with one attached hydrogen (secondary N) is 3. The highest BCUT2D eigenvalue weighted by Crippen LogP contribution is 2.18. The van der Waals surface area contributed by atoms with Crippen LogP contribution in [0.4, 0.5) is 22.9 Å². The van der Waals surface area contributed by atoms with Gasteiger partial charge in [0.25, 0.3) is 5.91 Å². The lowest BCUT2D eigenvalue weighted by atomic mass is 10.1. The number of hydrogen-bond acceptors (Lipinski definition) is 6. The summed E-state index contributed by atoms with van der Waals surface area (Å²) in [5.41, 5.74) is 2.50. The fourth-order valence-corrected chi connectivity index (χ4v) is 2.59. The summed E-state index contributed by atoms with van der Waals surface area (Å²) in [4.78, 5) is 43.3. The molecule has 2 aromatic carbocycles. The van der Waals surface area contributed by atoms with E-state index in [4.69, 9.17) is 0 Å². The van der Waals surface area contributed by atoms with E-state index in [9.17, 15) is 14.4 Å². The molecular weight excluding hydrogens is 370 g/mol. The fourth-order valence-electron chi connectivity index (χ4n) is 2.59. The zero-order valence-electron chi connectivity index (χ0n) is 15.9. The van der Waals surface area contributed by atoms with Crippen LogP contribution >= 0.6 is 0 Å². The van der Waals surface area contributed by atoms with Gasteiger partial charge in [-0.25, -0.2) is 9.97 Å². The van der Waals surface area contributed by atoms with E-state index in [0.29, 0.717) is 28.4 Å². The number of ketones is 1. The highest BCUT2D eigenvalue weighted by atomic mass is 16.2. The maximum absolute atomic E-state index is 12.5. The molecule has 3 rings (SSSR count). The molecule has 0 bridgehead atoms. The fraction of sp³-hybridized carbons (Fsp3) is 0.0952. The third-order valence-electron chi connectivity index (χ3n) is 3.88. The molecule has 0 aliphatic carbocycles. The zero-order chi connectivity index (χ0) is 20.8. The summed E-state index contributed by atoms with van der Waals surface area (Å²) in [6.45, 7) is 2.90. The van der Waals surface area contributed by atoms with Gasteiger partial charge in [-0.2, -0.15) is 0 Å². The predicted octanol–water partition coefficient (Wildman–Crippen LogP) is 3.63. The summed E-state index contributed by atoms with van der Waals surface area (Å²) in [6.07, 6.45) is 1.28. The predicted molar refractivity (Wildman–Crippen MR) is 110 cm³/mol. The molecule has 2 amide bonds. The van der Waals surface area contributed by atoms with Crippen LogP contribution in [-0.2, 0) is 4.79 Å². The molecule has 0 fully saturated rings. The molecule has 3 aromatic rings. The molecular formula is C21H19N5O3. The van der Waals surface area contributed by atoms with Crippen LogP contribution in [0.5, 0.6) is 0 Å². The van der Waals surface area contributed by atoms with E-state index in [1.165, 1.54) is 26.2 Å². The number of carbonyl (C=O) groups is 3. The first kappa shape index (κ1) is 19.7. The van der Waals surface area contributed by atoms with Crippen molar-refractivity contribution < 1.29 is 14.4 Å². The summed E-state index contributed by atoms with van der Waals surface area (Å²) < 4.78 is 0. The van der Waals surface area contributed by atoms with Crippen LogP contribution in [0.3, 0.4) is 0 Å². The Morgan fingerprint density at radius 3 is 2.21 bits per heavy atom. The number of nitrogens with zero attached hydrogens (tertiary/aromatic N) is 2. The minimum Gasteiger partial charge on any atom is -0.340 e. The minimum absolute atomic E-state index is 0.0436. The maximum atomic E-state index is 12.5. The molecule has 8 heteroatoms. The van der Waals surface area contributed by atoms with Gasteiger partial charge in [0.1, 0.15) is 17.8 Å². The molecule has 0 aliphatic rings. The van der Waals surface area contributed by atoms with E-state index in [1.54, 1.807) is 48.5 Å². The molecule has 8 nitrogen and oxygen atoms in total. The second-order valence-electron chi connectivity index (χ2n) is 6.27. The lowest BCUT2D eigenvalue weighted by Gasteiger charge is -2.09. The van der Waals surface area contributed by atoms with Crippen molar-refractivity contribution in [3.05, 3.63) is 72.2 Å². The number of amides is 2. The van der Waals surface area contributed by atoms with Crippen molar-refractivity contribution in [3.8, 4) is 0 Å². The van der Waals surface area contributed by atoms with Crippen molar-refractivity contribution in [1.29, 1.82) is 0 Å². The summed E-state index contributed by atoms with van der Waals surface area (Å²) in [6, 6.07) is 15.3. The average Bonchev–Trinajstić information content (AvgIpc) is 2.68. The lowest BCUT2D eigenvalue weighted by molar-refractivity contribution is -0.114. The number of anilines is 4. The Morgan fingerprint density at radius 1 is 0.793 bits per heavy atom. The van der Waals surface area contributed by atoms with Gasteiger partial charge in [0, 0.05) is 35.6 Å². The second kappa shape index (κ2) is 8.75. The van der Waals surface area contributed by atoms with Gasteiger partial charge in [-0.1, -0.05) is 18.2 Å². The Labute approximate surface area is 167 Å². The van der Waals surface area contributed by atoms with Gasteiger partial charge >= 0.3 is 0 Å². The Hall–Kier alpha value is -4.07. The lowest BCUT2D eigenvalue weighted by Crippen LogP contribution is -2.14. The summed E-state index contributed by atoms with van der Waals surface area (Å²) >= 11 is 0.